The van der Waals surface area contributed by atoms with Gasteiger partial charge in [-0.3, -0.25) is 19.2 Å². The normalized spacial score (nSPS) is 18.6. The van der Waals surface area contributed by atoms with Crippen molar-refractivity contribution >= 4 is 56.3 Å². The van der Waals surface area contributed by atoms with Crippen molar-refractivity contribution in [3.05, 3.63) is 32.0 Å². The maximum Gasteiger partial charge on any atom is 0.251 e. The lowest BCUT2D eigenvalue weighted by Crippen LogP contribution is -2.29. The van der Waals surface area contributed by atoms with Crippen LogP contribution in [0.5, 0.6) is 0 Å². The second kappa shape index (κ2) is 12.5. The summed E-state index contributed by atoms with van der Waals surface area (Å²) in [6.07, 6.45) is 7.22. The van der Waals surface area contributed by atoms with Gasteiger partial charge in [-0.2, -0.15) is 0 Å². The van der Waals surface area contributed by atoms with E-state index in [9.17, 15) is 19.2 Å². The van der Waals surface area contributed by atoms with Gasteiger partial charge in [0.2, 0.25) is 11.8 Å². The van der Waals surface area contributed by atoms with E-state index in [-0.39, 0.29) is 35.5 Å². The summed E-state index contributed by atoms with van der Waals surface area (Å²) >= 11 is 2.85. The molecule has 0 saturated carbocycles. The molecule has 2 aromatic rings. The van der Waals surface area contributed by atoms with Crippen molar-refractivity contribution in [2.75, 3.05) is 10.6 Å². The van der Waals surface area contributed by atoms with Crippen molar-refractivity contribution in [3.63, 3.8) is 0 Å². The highest BCUT2D eigenvalue weighted by molar-refractivity contribution is 7.17. The Bertz CT molecular complexity index is 1280. The molecule has 8 nitrogen and oxygen atoms in total. The van der Waals surface area contributed by atoms with Crippen LogP contribution < -0.4 is 22.1 Å². The van der Waals surface area contributed by atoms with Gasteiger partial charge in [0.25, 0.3) is 11.8 Å². The van der Waals surface area contributed by atoms with Crippen LogP contribution >= 0.6 is 22.7 Å². The molecule has 42 heavy (non-hydrogen) atoms. The van der Waals surface area contributed by atoms with Gasteiger partial charge in [0.1, 0.15) is 10.0 Å². The molecular weight excluding hydrogens is 569 g/mol. The van der Waals surface area contributed by atoms with E-state index in [1.165, 1.54) is 22.7 Å². The SMILES string of the molecule is CCC(C)(C)C1CCc2c(sc(NC(=O)CCC(=O)Nc3sc4c(c3C(N)=O)CCC(C(C)(C)CC)C4)c2C(N)=O)C1. The molecule has 10 heteroatoms. The van der Waals surface area contributed by atoms with Gasteiger partial charge in [0, 0.05) is 22.6 Å². The quantitative estimate of drug-likeness (QED) is 0.231. The van der Waals surface area contributed by atoms with E-state index in [0.29, 0.717) is 33.0 Å². The minimum absolute atomic E-state index is 0.0676. The smallest absolute Gasteiger partial charge is 0.251 e. The Kier molecular flexibility index (Phi) is 9.57. The Morgan fingerprint density at radius 3 is 1.38 bits per heavy atom. The largest absolute Gasteiger partial charge is 0.365 e. The number of amides is 4. The van der Waals surface area contributed by atoms with Gasteiger partial charge < -0.3 is 22.1 Å². The molecular formula is C32H46N4O4S2. The third kappa shape index (κ3) is 6.59. The van der Waals surface area contributed by atoms with Crippen molar-refractivity contribution < 1.29 is 19.2 Å². The minimum Gasteiger partial charge on any atom is -0.365 e. The summed E-state index contributed by atoms with van der Waals surface area (Å²) in [4.78, 5) is 52.8. The van der Waals surface area contributed by atoms with Crippen molar-refractivity contribution in [1.82, 2.24) is 0 Å². The minimum atomic E-state index is -0.543. The summed E-state index contributed by atoms with van der Waals surface area (Å²) < 4.78 is 0. The monoisotopic (exact) mass is 614 g/mol. The van der Waals surface area contributed by atoms with Crippen molar-refractivity contribution in [2.45, 2.75) is 106 Å². The second-order valence-electron chi connectivity index (χ2n) is 13.3. The van der Waals surface area contributed by atoms with E-state index >= 15 is 0 Å². The summed E-state index contributed by atoms with van der Waals surface area (Å²) in [6, 6.07) is 0. The zero-order chi connectivity index (χ0) is 31.0. The first-order valence-corrected chi connectivity index (χ1v) is 16.8. The molecule has 2 heterocycles. The summed E-state index contributed by atoms with van der Waals surface area (Å²) in [5.41, 5.74) is 14.6. The molecule has 2 aliphatic carbocycles. The van der Waals surface area contributed by atoms with Gasteiger partial charge >= 0.3 is 0 Å². The van der Waals surface area contributed by atoms with Crippen LogP contribution in [0.1, 0.15) is 122 Å². The zero-order valence-electron chi connectivity index (χ0n) is 25.8. The van der Waals surface area contributed by atoms with Crippen LogP contribution in [0.2, 0.25) is 0 Å². The first-order chi connectivity index (χ1) is 19.7. The predicted octanol–water partition coefficient (Wildman–Crippen LogP) is 6.45. The molecule has 230 valence electrons. The molecule has 0 aliphatic heterocycles. The molecule has 0 fully saturated rings. The highest BCUT2D eigenvalue weighted by Crippen LogP contribution is 2.47. The van der Waals surface area contributed by atoms with Crippen LogP contribution in [-0.4, -0.2) is 23.6 Å². The number of hydrogen-bond acceptors (Lipinski definition) is 6. The predicted molar refractivity (Wildman–Crippen MR) is 171 cm³/mol. The summed E-state index contributed by atoms with van der Waals surface area (Å²) in [7, 11) is 0. The standard InChI is InChI=1S/C32H46N4O4S2/c1-7-31(3,4)17-9-11-19-21(15-17)41-29(25(19)27(33)39)35-23(37)13-14-24(38)36-30-26(28(34)40)20-12-10-18(16-22(20)42-30)32(5,6)8-2/h17-18H,7-16H2,1-6H3,(H2,33,39)(H2,34,40)(H,35,37)(H,36,38). The van der Waals surface area contributed by atoms with Gasteiger partial charge in [-0.05, 0) is 72.3 Å². The Morgan fingerprint density at radius 1 is 0.714 bits per heavy atom. The lowest BCUT2D eigenvalue weighted by atomic mass is 9.69. The molecule has 2 atom stereocenters. The van der Waals surface area contributed by atoms with E-state index in [4.69, 9.17) is 11.5 Å². The van der Waals surface area contributed by atoms with Crippen LogP contribution in [-0.2, 0) is 35.3 Å². The Labute approximate surface area is 257 Å². The summed E-state index contributed by atoms with van der Waals surface area (Å²) in [5, 5.41) is 6.66. The van der Waals surface area contributed by atoms with Gasteiger partial charge in [-0.1, -0.05) is 54.4 Å². The van der Waals surface area contributed by atoms with Crippen molar-refractivity contribution in [1.29, 1.82) is 0 Å². The summed E-state index contributed by atoms with van der Waals surface area (Å²) in [5.74, 6) is -0.806. The first-order valence-electron chi connectivity index (χ1n) is 15.2. The van der Waals surface area contributed by atoms with Crippen molar-refractivity contribution in [2.24, 2.45) is 34.1 Å². The van der Waals surface area contributed by atoms with Gasteiger partial charge in [-0.15, -0.1) is 22.7 Å². The first kappa shape index (κ1) is 32.2. The zero-order valence-corrected chi connectivity index (χ0v) is 27.5. The summed E-state index contributed by atoms with van der Waals surface area (Å²) in [6.45, 7) is 13.5. The number of rotatable bonds is 11. The number of thiophene rings is 2. The molecule has 4 rings (SSSR count). The lowest BCUT2D eigenvalue weighted by Gasteiger charge is -2.36. The number of primary amides is 2. The van der Waals surface area contributed by atoms with Gasteiger partial charge in [-0.25, -0.2) is 0 Å². The van der Waals surface area contributed by atoms with Crippen molar-refractivity contribution in [3.8, 4) is 0 Å². The lowest BCUT2D eigenvalue weighted by molar-refractivity contribution is -0.121. The molecule has 6 N–H and O–H groups in total. The number of nitrogens with two attached hydrogens (primary N) is 2. The third-order valence-electron chi connectivity index (χ3n) is 10.1. The highest BCUT2D eigenvalue weighted by atomic mass is 32.1. The average Bonchev–Trinajstić information content (AvgIpc) is 3.48. The van der Waals surface area contributed by atoms with E-state index in [2.05, 4.69) is 52.2 Å². The molecule has 4 amide bonds. The number of fused-ring (bicyclic) bond motifs is 2. The van der Waals surface area contributed by atoms with Crippen LogP contribution in [0.25, 0.3) is 0 Å². The van der Waals surface area contributed by atoms with Crippen LogP contribution in [0.3, 0.4) is 0 Å². The third-order valence-corrected chi connectivity index (χ3v) is 12.5. The number of carbonyl (C=O) groups is 4. The number of carbonyl (C=O) groups excluding carboxylic acids is 4. The highest BCUT2D eigenvalue weighted by Gasteiger charge is 2.36. The van der Waals surface area contributed by atoms with Crippen LogP contribution in [0.15, 0.2) is 0 Å². The molecule has 2 unspecified atom stereocenters. The van der Waals surface area contributed by atoms with Crippen LogP contribution in [0.4, 0.5) is 10.0 Å². The van der Waals surface area contributed by atoms with E-state index < -0.39 is 11.8 Å². The molecule has 0 spiro atoms. The fourth-order valence-corrected chi connectivity index (χ4v) is 9.08. The van der Waals surface area contributed by atoms with Gasteiger partial charge in [0.05, 0.1) is 11.1 Å². The van der Waals surface area contributed by atoms with Crippen LogP contribution in [0, 0.1) is 22.7 Å². The molecule has 0 radical (unpaired) electrons. The Morgan fingerprint density at radius 2 is 1.07 bits per heavy atom. The Hall–Kier alpha value is -2.72. The topological polar surface area (TPSA) is 144 Å². The number of hydrogen-bond donors (Lipinski definition) is 4. The maximum atomic E-state index is 12.9. The molecule has 2 aromatic heterocycles. The number of nitrogens with one attached hydrogen (secondary N) is 2. The van der Waals surface area contributed by atoms with E-state index in [1.54, 1.807) is 0 Å². The van der Waals surface area contributed by atoms with E-state index in [0.717, 1.165) is 72.2 Å². The average molecular weight is 615 g/mol. The molecule has 2 aliphatic rings. The fourth-order valence-electron chi connectivity index (χ4n) is 6.39. The molecule has 0 saturated heterocycles. The van der Waals surface area contributed by atoms with Gasteiger partial charge in [0.15, 0.2) is 0 Å². The second-order valence-corrected chi connectivity index (χ2v) is 15.5. The van der Waals surface area contributed by atoms with E-state index in [1.807, 2.05) is 0 Å². The fraction of sp³-hybridized carbons (Fsp3) is 0.625. The molecule has 0 aromatic carbocycles. The number of anilines is 2. The Balaban J connectivity index is 1.41. The molecule has 0 bridgehead atoms. The maximum absolute atomic E-state index is 12.9.